The average molecular weight is 390 g/mol. The molecule has 0 radical (unpaired) electrons. The molecule has 0 fully saturated rings. The predicted octanol–water partition coefficient (Wildman–Crippen LogP) is 4.18. The van der Waals surface area contributed by atoms with Gasteiger partial charge in [0.2, 0.25) is 5.88 Å². The van der Waals surface area contributed by atoms with Gasteiger partial charge in [0, 0.05) is 18.0 Å². The highest BCUT2D eigenvalue weighted by molar-refractivity contribution is 6.40. The monoisotopic (exact) mass is 389 g/mol. The summed E-state index contributed by atoms with van der Waals surface area (Å²) in [4.78, 5) is 24.8. The summed E-state index contributed by atoms with van der Waals surface area (Å²) in [6, 6.07) is 8.16. The van der Waals surface area contributed by atoms with Gasteiger partial charge in [0.15, 0.2) is 5.82 Å². The minimum Gasteiger partial charge on any atom is -0.480 e. The Kier molecular flexibility index (Phi) is 5.50. The Bertz CT molecular complexity index is 932. The minimum atomic E-state index is -0.418. The molecule has 26 heavy (non-hydrogen) atoms. The van der Waals surface area contributed by atoms with Crippen LogP contribution in [0.25, 0.3) is 0 Å². The third kappa shape index (κ3) is 4.19. The molecule has 1 amide bonds. The highest BCUT2D eigenvalue weighted by Crippen LogP contribution is 2.25. The Balaban J connectivity index is 1.78. The van der Waals surface area contributed by atoms with E-state index < -0.39 is 5.91 Å². The van der Waals surface area contributed by atoms with Crippen molar-refractivity contribution in [1.82, 2.24) is 15.0 Å². The molecule has 0 aliphatic rings. The lowest BCUT2D eigenvalue weighted by molar-refractivity contribution is 0.102. The number of halogens is 2. The van der Waals surface area contributed by atoms with E-state index in [1.54, 1.807) is 36.5 Å². The van der Waals surface area contributed by atoms with Crippen LogP contribution in [0.5, 0.6) is 5.88 Å². The van der Waals surface area contributed by atoms with E-state index >= 15 is 0 Å². The molecule has 2 N–H and O–H groups in total. The molecule has 0 saturated carbocycles. The molecule has 2 aromatic heterocycles. The van der Waals surface area contributed by atoms with Gasteiger partial charge in [-0.1, -0.05) is 29.3 Å². The number of carbonyl (C=O) groups is 1. The van der Waals surface area contributed by atoms with Crippen LogP contribution in [0.2, 0.25) is 10.0 Å². The van der Waals surface area contributed by atoms with Crippen molar-refractivity contribution >= 4 is 46.4 Å². The standard InChI is InChI=1S/C17H13Cl2N5O2/c1-26-15-9-20-8-14(24-15)23-13-7-10(5-6-21-13)22-17(25)16-11(18)3-2-4-12(16)19/h2-9H,1H3,(H2,21,22,23,24,25). The smallest absolute Gasteiger partial charge is 0.258 e. The molecule has 9 heteroatoms. The molecule has 0 aliphatic carbocycles. The van der Waals surface area contributed by atoms with E-state index in [1.165, 1.54) is 19.5 Å². The fraction of sp³-hybridized carbons (Fsp3) is 0.0588. The van der Waals surface area contributed by atoms with E-state index in [2.05, 4.69) is 25.6 Å². The fourth-order valence-corrected chi connectivity index (χ4v) is 2.69. The van der Waals surface area contributed by atoms with Crippen molar-refractivity contribution in [3.05, 3.63) is 64.5 Å². The first-order valence-corrected chi connectivity index (χ1v) is 8.17. The molecule has 7 nitrogen and oxygen atoms in total. The normalized spacial score (nSPS) is 10.3. The summed E-state index contributed by atoms with van der Waals surface area (Å²) in [6.07, 6.45) is 4.56. The molecule has 0 atom stereocenters. The molecular weight excluding hydrogens is 377 g/mol. The van der Waals surface area contributed by atoms with Crippen molar-refractivity contribution < 1.29 is 9.53 Å². The number of aromatic nitrogens is 3. The Labute approximate surface area is 159 Å². The zero-order chi connectivity index (χ0) is 18.5. The highest BCUT2D eigenvalue weighted by Gasteiger charge is 2.15. The summed E-state index contributed by atoms with van der Waals surface area (Å²) in [5, 5.41) is 6.27. The van der Waals surface area contributed by atoms with Gasteiger partial charge in [0.25, 0.3) is 5.91 Å². The third-order valence-corrected chi connectivity index (χ3v) is 3.92. The number of hydrogen-bond donors (Lipinski definition) is 2. The van der Waals surface area contributed by atoms with E-state index in [4.69, 9.17) is 27.9 Å². The van der Waals surface area contributed by atoms with Gasteiger partial charge in [0.1, 0.15) is 5.82 Å². The number of nitrogens with zero attached hydrogens (tertiary/aromatic N) is 3. The van der Waals surface area contributed by atoms with Crippen LogP contribution in [-0.2, 0) is 0 Å². The largest absolute Gasteiger partial charge is 0.480 e. The van der Waals surface area contributed by atoms with Crippen LogP contribution in [0.15, 0.2) is 48.9 Å². The van der Waals surface area contributed by atoms with Crippen molar-refractivity contribution in [2.75, 3.05) is 17.7 Å². The van der Waals surface area contributed by atoms with Crippen molar-refractivity contribution in [2.24, 2.45) is 0 Å². The van der Waals surface area contributed by atoms with E-state index in [0.29, 0.717) is 23.2 Å². The quantitative estimate of drug-likeness (QED) is 0.679. The second-order valence-electron chi connectivity index (χ2n) is 5.05. The van der Waals surface area contributed by atoms with E-state index in [-0.39, 0.29) is 15.6 Å². The van der Waals surface area contributed by atoms with Crippen LogP contribution in [0.1, 0.15) is 10.4 Å². The van der Waals surface area contributed by atoms with E-state index in [1.807, 2.05) is 0 Å². The van der Waals surface area contributed by atoms with Gasteiger partial charge in [-0.05, 0) is 18.2 Å². The first-order valence-electron chi connectivity index (χ1n) is 7.41. The Morgan fingerprint density at radius 2 is 1.88 bits per heavy atom. The lowest BCUT2D eigenvalue weighted by Crippen LogP contribution is -2.13. The van der Waals surface area contributed by atoms with Crippen molar-refractivity contribution in [1.29, 1.82) is 0 Å². The summed E-state index contributed by atoms with van der Waals surface area (Å²) in [5.41, 5.74) is 0.722. The molecule has 0 spiro atoms. The number of nitrogens with one attached hydrogen (secondary N) is 2. The number of methoxy groups -OCH3 is 1. The fourth-order valence-electron chi connectivity index (χ4n) is 2.12. The molecule has 3 rings (SSSR count). The first kappa shape index (κ1) is 17.9. The van der Waals surface area contributed by atoms with Crippen LogP contribution in [-0.4, -0.2) is 28.0 Å². The Morgan fingerprint density at radius 1 is 1.12 bits per heavy atom. The van der Waals surface area contributed by atoms with Gasteiger partial charge in [-0.2, -0.15) is 4.98 Å². The number of hydrogen-bond acceptors (Lipinski definition) is 6. The predicted molar refractivity (Wildman–Crippen MR) is 101 cm³/mol. The summed E-state index contributed by atoms with van der Waals surface area (Å²) >= 11 is 12.1. The van der Waals surface area contributed by atoms with Crippen molar-refractivity contribution in [3.8, 4) is 5.88 Å². The third-order valence-electron chi connectivity index (χ3n) is 3.29. The summed E-state index contributed by atoms with van der Waals surface area (Å²) in [5.74, 6) is 0.872. The average Bonchev–Trinajstić information content (AvgIpc) is 2.62. The number of amides is 1. The van der Waals surface area contributed by atoms with E-state index in [0.717, 1.165) is 0 Å². The van der Waals surface area contributed by atoms with Crippen molar-refractivity contribution in [3.63, 3.8) is 0 Å². The molecule has 3 aromatic rings. The molecular formula is C17H13Cl2N5O2. The zero-order valence-electron chi connectivity index (χ0n) is 13.5. The maximum absolute atomic E-state index is 12.4. The molecule has 2 heterocycles. The molecule has 132 valence electrons. The lowest BCUT2D eigenvalue weighted by Gasteiger charge is -2.10. The number of ether oxygens (including phenoxy) is 1. The summed E-state index contributed by atoms with van der Waals surface area (Å²) in [6.45, 7) is 0. The second-order valence-corrected chi connectivity index (χ2v) is 5.87. The lowest BCUT2D eigenvalue weighted by atomic mass is 10.2. The second kappa shape index (κ2) is 7.99. The van der Waals surface area contributed by atoms with Gasteiger partial charge >= 0.3 is 0 Å². The molecule has 0 bridgehead atoms. The van der Waals surface area contributed by atoms with Crippen LogP contribution in [0.4, 0.5) is 17.3 Å². The highest BCUT2D eigenvalue weighted by atomic mass is 35.5. The summed E-state index contributed by atoms with van der Waals surface area (Å²) < 4.78 is 5.02. The molecule has 0 unspecified atom stereocenters. The number of pyridine rings is 1. The van der Waals surface area contributed by atoms with Gasteiger partial charge in [-0.3, -0.25) is 9.78 Å². The molecule has 0 saturated heterocycles. The number of anilines is 3. The number of rotatable bonds is 5. The zero-order valence-corrected chi connectivity index (χ0v) is 15.0. The van der Waals surface area contributed by atoms with Crippen LogP contribution < -0.4 is 15.4 Å². The van der Waals surface area contributed by atoms with Gasteiger partial charge in [-0.25, -0.2) is 4.98 Å². The Hall–Kier alpha value is -2.90. The number of carbonyl (C=O) groups excluding carboxylic acids is 1. The first-order chi connectivity index (χ1) is 12.6. The van der Waals surface area contributed by atoms with E-state index in [9.17, 15) is 4.79 Å². The minimum absolute atomic E-state index is 0.209. The number of benzene rings is 1. The molecule has 1 aromatic carbocycles. The van der Waals surface area contributed by atoms with Crippen LogP contribution in [0.3, 0.4) is 0 Å². The van der Waals surface area contributed by atoms with Gasteiger partial charge < -0.3 is 15.4 Å². The maximum atomic E-state index is 12.4. The van der Waals surface area contributed by atoms with Crippen LogP contribution >= 0.6 is 23.2 Å². The summed E-state index contributed by atoms with van der Waals surface area (Å²) in [7, 11) is 1.50. The Morgan fingerprint density at radius 3 is 2.62 bits per heavy atom. The topological polar surface area (TPSA) is 89.0 Å². The SMILES string of the molecule is COc1cncc(Nc2cc(NC(=O)c3c(Cl)cccc3Cl)ccn2)n1. The van der Waals surface area contributed by atoms with Crippen molar-refractivity contribution in [2.45, 2.75) is 0 Å². The van der Waals surface area contributed by atoms with Crippen LogP contribution in [0, 0.1) is 0 Å². The maximum Gasteiger partial charge on any atom is 0.258 e. The molecule has 0 aliphatic heterocycles. The van der Waals surface area contributed by atoms with Gasteiger partial charge in [0.05, 0.1) is 35.1 Å². The van der Waals surface area contributed by atoms with Gasteiger partial charge in [-0.15, -0.1) is 0 Å².